The van der Waals surface area contributed by atoms with Crippen molar-refractivity contribution in [1.82, 2.24) is 9.97 Å². The predicted octanol–water partition coefficient (Wildman–Crippen LogP) is 4.98. The van der Waals surface area contributed by atoms with Gasteiger partial charge in [0, 0.05) is 16.1 Å². The van der Waals surface area contributed by atoms with Crippen molar-refractivity contribution in [3.8, 4) is 34.3 Å². The van der Waals surface area contributed by atoms with E-state index >= 15 is 0 Å². The molecule has 2 aliphatic rings. The van der Waals surface area contributed by atoms with E-state index in [-0.39, 0.29) is 24.7 Å². The van der Waals surface area contributed by atoms with E-state index in [4.69, 9.17) is 42.4 Å². The smallest absolute Gasteiger partial charge is 0.212 e. The monoisotopic (exact) mass is 507 g/mol. The molecule has 9 heteroatoms. The number of nitrogens with one attached hydrogen (secondary N) is 1. The van der Waals surface area contributed by atoms with Gasteiger partial charge < -0.3 is 24.3 Å². The second kappa shape index (κ2) is 8.83. The molecule has 0 saturated carbocycles. The number of nitriles is 1. The topological polar surface area (TPSA) is 100 Å². The number of hydrogen-bond acceptors (Lipinski definition) is 6. The number of fused-ring (bicyclic) bond motifs is 2. The molecule has 0 spiro atoms. The van der Waals surface area contributed by atoms with E-state index in [1.165, 1.54) is 0 Å². The Kier molecular flexibility index (Phi) is 5.64. The molecular formula is C26H19Cl2N3O4. The first-order chi connectivity index (χ1) is 17.0. The Labute approximate surface area is 210 Å². The minimum atomic E-state index is -0.681. The first kappa shape index (κ1) is 22.4. The zero-order chi connectivity index (χ0) is 24.1. The van der Waals surface area contributed by atoms with Crippen molar-refractivity contribution < 1.29 is 19.3 Å². The molecule has 2 saturated heterocycles. The van der Waals surface area contributed by atoms with Crippen LogP contribution in [0.4, 0.5) is 0 Å². The van der Waals surface area contributed by atoms with E-state index in [9.17, 15) is 10.4 Å². The van der Waals surface area contributed by atoms with Crippen LogP contribution in [-0.2, 0) is 9.47 Å². The highest BCUT2D eigenvalue weighted by Gasteiger charge is 2.48. The zero-order valence-corrected chi connectivity index (χ0v) is 19.8. The molecule has 0 radical (unpaired) electrons. The minimum absolute atomic E-state index is 0.197. The third-order valence-electron chi connectivity index (χ3n) is 6.39. The van der Waals surface area contributed by atoms with Gasteiger partial charge in [-0.15, -0.1) is 0 Å². The highest BCUT2D eigenvalue weighted by Crippen LogP contribution is 2.37. The summed E-state index contributed by atoms with van der Waals surface area (Å²) in [5, 5.41) is 21.0. The average Bonchev–Trinajstić information content (AvgIpc) is 3.54. The molecule has 2 N–H and O–H groups in total. The van der Waals surface area contributed by atoms with Crippen LogP contribution >= 0.6 is 23.2 Å². The number of halogens is 2. The SMILES string of the molecule is N#Cc1c(O[C@@H]2CO[C@H]3[C@@H]2OC[C@H]3O)[nH]c2cc(Cl)c(-c3ccc(-c4ccccc4Cl)cc3)nc12. The molecule has 4 aromatic rings. The largest absolute Gasteiger partial charge is 0.469 e. The predicted molar refractivity (Wildman–Crippen MR) is 132 cm³/mol. The molecule has 176 valence electrons. The summed E-state index contributed by atoms with van der Waals surface area (Å²) in [6.07, 6.45) is -1.96. The van der Waals surface area contributed by atoms with Crippen LogP contribution in [0.1, 0.15) is 5.56 Å². The number of hydrogen-bond donors (Lipinski definition) is 2. The van der Waals surface area contributed by atoms with E-state index in [1.807, 2.05) is 48.5 Å². The number of aromatic amines is 1. The Morgan fingerprint density at radius 1 is 1.00 bits per heavy atom. The van der Waals surface area contributed by atoms with Crippen LogP contribution in [0.5, 0.6) is 5.88 Å². The molecule has 35 heavy (non-hydrogen) atoms. The number of aromatic nitrogens is 2. The molecule has 0 unspecified atom stereocenters. The van der Waals surface area contributed by atoms with Gasteiger partial charge in [-0.1, -0.05) is 65.7 Å². The highest BCUT2D eigenvalue weighted by atomic mass is 35.5. The number of aliphatic hydroxyl groups excluding tert-OH is 1. The summed E-state index contributed by atoms with van der Waals surface area (Å²) in [6, 6.07) is 19.3. The Hall–Kier alpha value is -3.12. The molecule has 0 aliphatic carbocycles. The summed E-state index contributed by atoms with van der Waals surface area (Å²) in [7, 11) is 0. The number of pyridine rings is 1. The average molecular weight is 508 g/mol. The molecule has 2 aliphatic heterocycles. The molecule has 2 aromatic carbocycles. The lowest BCUT2D eigenvalue weighted by molar-refractivity contribution is 0.00789. The van der Waals surface area contributed by atoms with Crippen LogP contribution < -0.4 is 4.74 Å². The van der Waals surface area contributed by atoms with Crippen molar-refractivity contribution in [2.45, 2.75) is 24.4 Å². The van der Waals surface area contributed by atoms with Gasteiger partial charge >= 0.3 is 0 Å². The molecule has 0 amide bonds. The minimum Gasteiger partial charge on any atom is -0.469 e. The van der Waals surface area contributed by atoms with Crippen LogP contribution in [0.2, 0.25) is 10.0 Å². The number of H-pyrrole nitrogens is 1. The lowest BCUT2D eigenvalue weighted by atomic mass is 10.0. The number of aliphatic hydroxyl groups is 1. The fourth-order valence-corrected chi connectivity index (χ4v) is 5.17. The van der Waals surface area contributed by atoms with Gasteiger partial charge in [0.2, 0.25) is 5.88 Å². The van der Waals surface area contributed by atoms with Gasteiger partial charge in [0.15, 0.2) is 6.10 Å². The lowest BCUT2D eigenvalue weighted by Gasteiger charge is -2.16. The van der Waals surface area contributed by atoms with Crippen molar-refractivity contribution in [2.24, 2.45) is 0 Å². The highest BCUT2D eigenvalue weighted by molar-refractivity contribution is 6.34. The first-order valence-electron chi connectivity index (χ1n) is 11.1. The van der Waals surface area contributed by atoms with E-state index in [0.29, 0.717) is 26.8 Å². The summed E-state index contributed by atoms with van der Waals surface area (Å²) in [5.41, 5.74) is 4.58. The van der Waals surface area contributed by atoms with Crippen molar-refractivity contribution in [1.29, 1.82) is 5.26 Å². The normalized spacial score (nSPS) is 23.4. The Bertz CT molecular complexity index is 1460. The van der Waals surface area contributed by atoms with Gasteiger partial charge in [0.25, 0.3) is 0 Å². The van der Waals surface area contributed by atoms with Crippen LogP contribution in [0.15, 0.2) is 54.6 Å². The van der Waals surface area contributed by atoms with Crippen LogP contribution in [0.25, 0.3) is 33.4 Å². The second-order valence-electron chi connectivity index (χ2n) is 8.53. The van der Waals surface area contributed by atoms with Crippen molar-refractivity contribution in [3.63, 3.8) is 0 Å². The quantitative estimate of drug-likeness (QED) is 0.403. The maximum Gasteiger partial charge on any atom is 0.212 e. The first-order valence-corrected chi connectivity index (χ1v) is 11.8. The van der Waals surface area contributed by atoms with Crippen LogP contribution in [-0.4, -0.2) is 52.7 Å². The van der Waals surface area contributed by atoms with Crippen LogP contribution in [0, 0.1) is 11.3 Å². The fraction of sp³-hybridized carbons (Fsp3) is 0.231. The molecule has 2 fully saturated rings. The summed E-state index contributed by atoms with van der Waals surface area (Å²) < 4.78 is 17.3. The Morgan fingerprint density at radius 2 is 1.74 bits per heavy atom. The zero-order valence-electron chi connectivity index (χ0n) is 18.2. The molecule has 0 bridgehead atoms. The third kappa shape index (κ3) is 3.84. The Morgan fingerprint density at radius 3 is 2.51 bits per heavy atom. The fourth-order valence-electron chi connectivity index (χ4n) is 4.66. The van der Waals surface area contributed by atoms with Crippen molar-refractivity contribution in [2.75, 3.05) is 13.2 Å². The summed E-state index contributed by atoms with van der Waals surface area (Å²) in [4.78, 5) is 7.82. The van der Waals surface area contributed by atoms with Gasteiger partial charge in [0.1, 0.15) is 35.5 Å². The molecule has 2 aromatic heterocycles. The van der Waals surface area contributed by atoms with Gasteiger partial charge in [-0.25, -0.2) is 4.98 Å². The number of benzene rings is 2. The van der Waals surface area contributed by atoms with Gasteiger partial charge in [0.05, 0.1) is 29.4 Å². The Balaban J connectivity index is 1.33. The van der Waals surface area contributed by atoms with Gasteiger partial charge in [-0.3, -0.25) is 0 Å². The summed E-state index contributed by atoms with van der Waals surface area (Å²) in [5.74, 6) is 0.275. The maximum atomic E-state index is 9.97. The van der Waals surface area contributed by atoms with E-state index < -0.39 is 24.4 Å². The summed E-state index contributed by atoms with van der Waals surface area (Å²) in [6.45, 7) is 0.451. The van der Waals surface area contributed by atoms with E-state index in [2.05, 4.69) is 11.1 Å². The summed E-state index contributed by atoms with van der Waals surface area (Å²) >= 11 is 12.9. The molecular weight excluding hydrogens is 489 g/mol. The molecule has 4 heterocycles. The molecule has 4 atom stereocenters. The standard InChI is InChI=1S/C26H19Cl2N3O4/c27-17-4-2-1-3-15(17)13-5-7-14(8-6-13)22-18(28)9-19-23(31-22)16(10-29)26(30-19)35-21-12-34-24-20(32)11-33-25(21)24/h1-9,20-21,24-25,30,32H,11-12H2/t20-,21-,24-,25-/m1/s1. The van der Waals surface area contributed by atoms with E-state index in [0.717, 1.165) is 16.7 Å². The number of nitrogens with zero attached hydrogens (tertiary/aromatic N) is 2. The van der Waals surface area contributed by atoms with Crippen molar-refractivity contribution >= 4 is 34.2 Å². The van der Waals surface area contributed by atoms with E-state index in [1.54, 1.807) is 6.07 Å². The number of ether oxygens (including phenoxy) is 3. The van der Waals surface area contributed by atoms with Crippen LogP contribution in [0.3, 0.4) is 0 Å². The third-order valence-corrected chi connectivity index (χ3v) is 7.01. The molecule has 7 nitrogen and oxygen atoms in total. The maximum absolute atomic E-state index is 9.97. The number of rotatable bonds is 4. The lowest BCUT2D eigenvalue weighted by Crippen LogP contribution is -2.34. The van der Waals surface area contributed by atoms with Crippen molar-refractivity contribution in [3.05, 3.63) is 70.2 Å². The second-order valence-corrected chi connectivity index (χ2v) is 9.35. The van der Waals surface area contributed by atoms with Gasteiger partial charge in [-0.05, 0) is 17.7 Å². The van der Waals surface area contributed by atoms with Gasteiger partial charge in [-0.2, -0.15) is 5.26 Å². The molecule has 6 rings (SSSR count).